The molecular weight excluding hydrogens is 266 g/mol. The topological polar surface area (TPSA) is 66.6 Å². The summed E-state index contributed by atoms with van der Waals surface area (Å²) in [4.78, 5) is 12.4. The van der Waals surface area contributed by atoms with E-state index in [1.165, 1.54) is 6.20 Å². The number of benzene rings is 1. The molecule has 0 spiro atoms. The third kappa shape index (κ3) is 2.64. The molecule has 1 aromatic carbocycles. The van der Waals surface area contributed by atoms with Crippen molar-refractivity contribution in [1.29, 1.82) is 0 Å². The van der Waals surface area contributed by atoms with Crippen LogP contribution in [0.1, 0.15) is 22.0 Å². The van der Waals surface area contributed by atoms with Gasteiger partial charge in [-0.05, 0) is 17.7 Å². The number of fused-ring (bicyclic) bond motifs is 1. The highest BCUT2D eigenvalue weighted by atomic mass is 16.3. The number of carbonyl (C=O) groups is 1. The second-order valence-electron chi connectivity index (χ2n) is 4.71. The van der Waals surface area contributed by atoms with E-state index >= 15 is 0 Å². The van der Waals surface area contributed by atoms with Crippen LogP contribution in [0, 0.1) is 0 Å². The Morgan fingerprint density at radius 1 is 1.19 bits per heavy atom. The van der Waals surface area contributed by atoms with Gasteiger partial charge >= 0.3 is 0 Å². The standard InChI is InChI=1S/C16H15N3O2/c20-11-14(12-6-2-1-3-7-12)18-16(21)13-10-17-19-9-5-4-8-15(13)19/h1-10,14,20H,11H2,(H,18,21). The van der Waals surface area contributed by atoms with E-state index in [-0.39, 0.29) is 12.5 Å². The van der Waals surface area contributed by atoms with Crippen LogP contribution < -0.4 is 5.32 Å². The van der Waals surface area contributed by atoms with Crippen molar-refractivity contribution in [1.82, 2.24) is 14.9 Å². The smallest absolute Gasteiger partial charge is 0.255 e. The number of rotatable bonds is 4. The summed E-state index contributed by atoms with van der Waals surface area (Å²) in [6.45, 7) is -0.158. The number of nitrogens with one attached hydrogen (secondary N) is 1. The van der Waals surface area contributed by atoms with Crippen LogP contribution in [0.4, 0.5) is 0 Å². The molecule has 2 N–H and O–H groups in total. The molecule has 0 saturated heterocycles. The van der Waals surface area contributed by atoms with Crippen LogP contribution in [0.3, 0.4) is 0 Å². The van der Waals surface area contributed by atoms with E-state index in [0.29, 0.717) is 5.56 Å². The van der Waals surface area contributed by atoms with Gasteiger partial charge in [-0.25, -0.2) is 4.52 Å². The van der Waals surface area contributed by atoms with Crippen molar-refractivity contribution in [2.75, 3.05) is 6.61 Å². The first-order valence-corrected chi connectivity index (χ1v) is 6.68. The minimum atomic E-state index is -0.433. The molecule has 1 atom stereocenters. The molecule has 106 valence electrons. The normalized spacial score (nSPS) is 12.2. The SMILES string of the molecule is O=C(NC(CO)c1ccccc1)c1cnn2ccccc12. The van der Waals surface area contributed by atoms with Crippen molar-refractivity contribution in [3.63, 3.8) is 0 Å². The molecule has 1 amide bonds. The van der Waals surface area contributed by atoms with Crippen molar-refractivity contribution in [3.8, 4) is 0 Å². The first-order chi connectivity index (χ1) is 10.3. The van der Waals surface area contributed by atoms with Gasteiger partial charge in [-0.15, -0.1) is 0 Å². The van der Waals surface area contributed by atoms with Gasteiger partial charge in [0, 0.05) is 6.20 Å². The molecule has 0 radical (unpaired) electrons. The summed E-state index contributed by atoms with van der Waals surface area (Å²) >= 11 is 0. The lowest BCUT2D eigenvalue weighted by Crippen LogP contribution is -2.30. The Morgan fingerprint density at radius 3 is 2.71 bits per heavy atom. The number of pyridine rings is 1. The summed E-state index contributed by atoms with van der Waals surface area (Å²) < 4.78 is 1.64. The fourth-order valence-corrected chi connectivity index (χ4v) is 2.27. The zero-order valence-electron chi connectivity index (χ0n) is 11.3. The van der Waals surface area contributed by atoms with E-state index < -0.39 is 6.04 Å². The van der Waals surface area contributed by atoms with Gasteiger partial charge in [-0.3, -0.25) is 4.79 Å². The Labute approximate surface area is 121 Å². The van der Waals surface area contributed by atoms with Crippen molar-refractivity contribution < 1.29 is 9.90 Å². The predicted molar refractivity (Wildman–Crippen MR) is 78.9 cm³/mol. The Kier molecular flexibility index (Phi) is 3.66. The molecule has 0 saturated carbocycles. The molecule has 0 aliphatic carbocycles. The van der Waals surface area contributed by atoms with Gasteiger partial charge in [0.25, 0.3) is 5.91 Å². The van der Waals surface area contributed by atoms with Gasteiger partial charge in [0.2, 0.25) is 0 Å². The maximum Gasteiger partial charge on any atom is 0.255 e. The summed E-state index contributed by atoms with van der Waals surface area (Å²) in [5.74, 6) is -0.251. The molecule has 5 nitrogen and oxygen atoms in total. The van der Waals surface area contributed by atoms with Gasteiger partial charge in [0.05, 0.1) is 29.9 Å². The number of aliphatic hydroxyl groups is 1. The van der Waals surface area contributed by atoms with Crippen molar-refractivity contribution in [2.45, 2.75) is 6.04 Å². The van der Waals surface area contributed by atoms with Crippen LogP contribution >= 0.6 is 0 Å². The third-order valence-electron chi connectivity index (χ3n) is 3.36. The summed E-state index contributed by atoms with van der Waals surface area (Å²) in [6.07, 6.45) is 3.32. The molecule has 3 rings (SSSR count). The van der Waals surface area contributed by atoms with Crippen LogP contribution in [0.25, 0.3) is 5.52 Å². The van der Waals surface area contributed by atoms with Crippen molar-refractivity contribution >= 4 is 11.4 Å². The molecule has 2 aromatic heterocycles. The number of amides is 1. The van der Waals surface area contributed by atoms with E-state index in [9.17, 15) is 9.90 Å². The average Bonchev–Trinajstić information content (AvgIpc) is 2.97. The Balaban J connectivity index is 1.85. The second kappa shape index (κ2) is 5.76. The molecule has 5 heteroatoms. The lowest BCUT2D eigenvalue weighted by Gasteiger charge is -2.16. The summed E-state index contributed by atoms with van der Waals surface area (Å²) in [5.41, 5.74) is 2.09. The number of hydrogen-bond acceptors (Lipinski definition) is 3. The quantitative estimate of drug-likeness (QED) is 0.766. The maximum atomic E-state index is 12.4. The molecule has 0 aliphatic heterocycles. The highest BCUT2D eigenvalue weighted by Crippen LogP contribution is 2.15. The van der Waals surface area contributed by atoms with Gasteiger partial charge < -0.3 is 10.4 Å². The first kappa shape index (κ1) is 13.3. The second-order valence-corrected chi connectivity index (χ2v) is 4.71. The molecule has 0 aliphatic rings. The number of nitrogens with zero attached hydrogens (tertiary/aromatic N) is 2. The number of hydrogen-bond donors (Lipinski definition) is 2. The van der Waals surface area contributed by atoms with Crippen LogP contribution in [0.2, 0.25) is 0 Å². The molecule has 3 aromatic rings. The van der Waals surface area contributed by atoms with Gasteiger partial charge in [-0.2, -0.15) is 5.10 Å². The summed E-state index contributed by atoms with van der Waals surface area (Å²) in [7, 11) is 0. The fraction of sp³-hybridized carbons (Fsp3) is 0.125. The van der Waals surface area contributed by atoms with Gasteiger partial charge in [0.15, 0.2) is 0 Å². The molecule has 21 heavy (non-hydrogen) atoms. The number of carbonyl (C=O) groups excluding carboxylic acids is 1. The molecular formula is C16H15N3O2. The molecule has 0 fully saturated rings. The van der Waals surface area contributed by atoms with Gasteiger partial charge in [-0.1, -0.05) is 36.4 Å². The minimum absolute atomic E-state index is 0.158. The minimum Gasteiger partial charge on any atom is -0.394 e. The van der Waals surface area contributed by atoms with E-state index in [1.54, 1.807) is 10.7 Å². The third-order valence-corrected chi connectivity index (χ3v) is 3.36. The highest BCUT2D eigenvalue weighted by molar-refractivity contribution is 6.00. The van der Waals surface area contributed by atoms with E-state index in [0.717, 1.165) is 11.1 Å². The lowest BCUT2D eigenvalue weighted by atomic mass is 10.1. The maximum absolute atomic E-state index is 12.4. The molecule has 2 heterocycles. The molecule has 1 unspecified atom stereocenters. The van der Waals surface area contributed by atoms with Crippen LogP contribution in [0.15, 0.2) is 60.9 Å². The zero-order valence-corrected chi connectivity index (χ0v) is 11.3. The van der Waals surface area contributed by atoms with Crippen LogP contribution in [-0.2, 0) is 0 Å². The fourth-order valence-electron chi connectivity index (χ4n) is 2.27. The Morgan fingerprint density at radius 2 is 1.95 bits per heavy atom. The van der Waals surface area contributed by atoms with Gasteiger partial charge in [0.1, 0.15) is 0 Å². The Hall–Kier alpha value is -2.66. The van der Waals surface area contributed by atoms with E-state index in [1.807, 2.05) is 48.5 Å². The first-order valence-electron chi connectivity index (χ1n) is 6.68. The van der Waals surface area contributed by atoms with E-state index in [4.69, 9.17) is 0 Å². The predicted octanol–water partition coefficient (Wildman–Crippen LogP) is 1.80. The number of aliphatic hydroxyl groups excluding tert-OH is 1. The molecule has 0 bridgehead atoms. The summed E-state index contributed by atoms with van der Waals surface area (Å²) in [6, 6.07) is 14.5. The van der Waals surface area contributed by atoms with Crippen LogP contribution in [0.5, 0.6) is 0 Å². The highest BCUT2D eigenvalue weighted by Gasteiger charge is 2.17. The monoisotopic (exact) mass is 281 g/mol. The largest absolute Gasteiger partial charge is 0.394 e. The Bertz CT molecular complexity index is 752. The van der Waals surface area contributed by atoms with Crippen LogP contribution in [-0.4, -0.2) is 27.2 Å². The lowest BCUT2D eigenvalue weighted by molar-refractivity contribution is 0.0918. The van der Waals surface area contributed by atoms with E-state index in [2.05, 4.69) is 10.4 Å². The van der Waals surface area contributed by atoms with Crippen molar-refractivity contribution in [2.24, 2.45) is 0 Å². The number of aromatic nitrogens is 2. The average molecular weight is 281 g/mol. The summed E-state index contributed by atoms with van der Waals surface area (Å²) in [5, 5.41) is 16.5. The zero-order chi connectivity index (χ0) is 14.7. The van der Waals surface area contributed by atoms with Crippen molar-refractivity contribution in [3.05, 3.63) is 72.1 Å².